The van der Waals surface area contributed by atoms with Gasteiger partial charge >= 0.3 is 0 Å². The fourth-order valence-corrected chi connectivity index (χ4v) is 4.57. The van der Waals surface area contributed by atoms with Crippen LogP contribution in [-0.4, -0.2) is 32.0 Å². The highest BCUT2D eigenvalue weighted by molar-refractivity contribution is 7.89. The van der Waals surface area contributed by atoms with Gasteiger partial charge in [0.15, 0.2) is 0 Å². The maximum atomic E-state index is 12.5. The molecule has 2 aromatic rings. The van der Waals surface area contributed by atoms with Crippen LogP contribution in [-0.2, 0) is 10.0 Å². The first-order chi connectivity index (χ1) is 11.5. The van der Waals surface area contributed by atoms with Crippen LogP contribution >= 0.6 is 23.2 Å². The molecule has 1 fully saturated rings. The van der Waals surface area contributed by atoms with Crippen molar-refractivity contribution in [2.75, 3.05) is 13.1 Å². The van der Waals surface area contributed by atoms with Gasteiger partial charge in [0.2, 0.25) is 10.0 Å². The first kappa shape index (κ1) is 17.4. The average molecular weight is 383 g/mol. The smallest absolute Gasteiger partial charge is 0.243 e. The molecule has 0 N–H and O–H groups in total. The molecule has 3 rings (SSSR count). The van der Waals surface area contributed by atoms with Crippen LogP contribution in [0.1, 0.15) is 18.4 Å². The van der Waals surface area contributed by atoms with Crippen molar-refractivity contribution in [1.29, 1.82) is 0 Å². The third-order valence-electron chi connectivity index (χ3n) is 3.88. The lowest BCUT2D eigenvalue weighted by molar-refractivity contribution is 0.477. The van der Waals surface area contributed by atoms with E-state index in [1.54, 1.807) is 48.7 Å². The van der Waals surface area contributed by atoms with Gasteiger partial charge < -0.3 is 0 Å². The van der Waals surface area contributed by atoms with Crippen molar-refractivity contribution in [3.05, 3.63) is 58.1 Å². The van der Waals surface area contributed by atoms with Gasteiger partial charge in [-0.1, -0.05) is 29.3 Å². The van der Waals surface area contributed by atoms with Crippen molar-refractivity contribution in [1.82, 2.24) is 4.31 Å². The highest BCUT2D eigenvalue weighted by Crippen LogP contribution is 2.25. The zero-order chi connectivity index (χ0) is 17.2. The number of halogens is 2. The average Bonchev–Trinajstić information content (AvgIpc) is 3.10. The summed E-state index contributed by atoms with van der Waals surface area (Å²) in [5.74, 6) is 0. The Morgan fingerprint density at radius 3 is 2.12 bits per heavy atom. The topological polar surface area (TPSA) is 49.7 Å². The second kappa shape index (κ2) is 7.23. The molecule has 0 saturated carbocycles. The minimum Gasteiger partial charge on any atom is -0.256 e. The molecule has 0 unspecified atom stereocenters. The molecule has 0 atom stereocenters. The Morgan fingerprint density at radius 2 is 1.54 bits per heavy atom. The van der Waals surface area contributed by atoms with Crippen LogP contribution in [0.25, 0.3) is 0 Å². The van der Waals surface area contributed by atoms with E-state index in [4.69, 9.17) is 23.2 Å². The zero-order valence-corrected chi connectivity index (χ0v) is 15.2. The monoisotopic (exact) mass is 382 g/mol. The molecule has 24 heavy (non-hydrogen) atoms. The van der Waals surface area contributed by atoms with Crippen LogP contribution in [0.15, 0.2) is 52.4 Å². The summed E-state index contributed by atoms with van der Waals surface area (Å²) in [6.07, 6.45) is 3.41. The molecule has 1 aliphatic heterocycles. The van der Waals surface area contributed by atoms with Crippen molar-refractivity contribution in [2.45, 2.75) is 17.7 Å². The summed E-state index contributed by atoms with van der Waals surface area (Å²) in [6, 6.07) is 11.7. The van der Waals surface area contributed by atoms with Crippen LogP contribution in [0.4, 0.5) is 5.69 Å². The fraction of sp³-hybridized carbons (Fsp3) is 0.235. The Bertz CT molecular complexity index is 838. The van der Waals surface area contributed by atoms with Crippen LogP contribution in [0.5, 0.6) is 0 Å². The summed E-state index contributed by atoms with van der Waals surface area (Å²) < 4.78 is 26.5. The largest absolute Gasteiger partial charge is 0.256 e. The highest BCUT2D eigenvalue weighted by atomic mass is 35.5. The summed E-state index contributed by atoms with van der Waals surface area (Å²) in [6.45, 7) is 1.18. The van der Waals surface area contributed by atoms with E-state index in [9.17, 15) is 8.42 Å². The molecule has 0 bridgehead atoms. The summed E-state index contributed by atoms with van der Waals surface area (Å²) in [4.78, 5) is 4.61. The summed E-state index contributed by atoms with van der Waals surface area (Å²) in [7, 11) is -3.40. The molecule has 7 heteroatoms. The predicted molar refractivity (Wildman–Crippen MR) is 98.2 cm³/mol. The molecule has 1 aliphatic rings. The van der Waals surface area contributed by atoms with Gasteiger partial charge in [0, 0.05) is 24.9 Å². The van der Waals surface area contributed by atoms with E-state index in [0.717, 1.165) is 12.8 Å². The molecule has 0 amide bonds. The second-order valence-corrected chi connectivity index (χ2v) is 8.25. The van der Waals surface area contributed by atoms with E-state index in [1.165, 1.54) is 4.31 Å². The number of benzene rings is 2. The lowest BCUT2D eigenvalue weighted by Crippen LogP contribution is -2.27. The Hall–Kier alpha value is -1.40. The fourth-order valence-electron chi connectivity index (χ4n) is 2.55. The predicted octanol–water partition coefficient (Wildman–Crippen LogP) is 4.53. The third-order valence-corrected chi connectivity index (χ3v) is 6.45. The number of aliphatic imine (C=N–C) groups is 1. The van der Waals surface area contributed by atoms with Gasteiger partial charge in [0.1, 0.15) is 0 Å². The Morgan fingerprint density at radius 1 is 0.958 bits per heavy atom. The zero-order valence-electron chi connectivity index (χ0n) is 12.8. The normalized spacial score (nSPS) is 16.1. The summed E-state index contributed by atoms with van der Waals surface area (Å²) in [5.41, 5.74) is 1.26. The number of nitrogens with zero attached hydrogens (tertiary/aromatic N) is 2. The number of hydrogen-bond donors (Lipinski definition) is 0. The number of hydrogen-bond acceptors (Lipinski definition) is 3. The molecular weight excluding hydrogens is 367 g/mol. The van der Waals surface area contributed by atoms with Crippen molar-refractivity contribution in [3.8, 4) is 0 Å². The molecule has 126 valence electrons. The van der Waals surface area contributed by atoms with Crippen LogP contribution < -0.4 is 0 Å². The van der Waals surface area contributed by atoms with Gasteiger partial charge in [0.05, 0.1) is 20.6 Å². The molecule has 0 aliphatic carbocycles. The van der Waals surface area contributed by atoms with E-state index >= 15 is 0 Å². The maximum absolute atomic E-state index is 12.5. The Balaban J connectivity index is 1.81. The Labute approximate surface area is 151 Å². The van der Waals surface area contributed by atoms with Crippen molar-refractivity contribution < 1.29 is 8.42 Å². The van der Waals surface area contributed by atoms with E-state index < -0.39 is 10.0 Å². The minimum atomic E-state index is -3.40. The molecule has 0 radical (unpaired) electrons. The third kappa shape index (κ3) is 3.64. The highest BCUT2D eigenvalue weighted by Gasteiger charge is 2.26. The molecule has 4 nitrogen and oxygen atoms in total. The molecule has 0 spiro atoms. The summed E-state index contributed by atoms with van der Waals surface area (Å²) >= 11 is 12.2. The van der Waals surface area contributed by atoms with Gasteiger partial charge in [-0.15, -0.1) is 0 Å². The second-order valence-electron chi connectivity index (χ2n) is 5.50. The van der Waals surface area contributed by atoms with E-state index in [-0.39, 0.29) is 0 Å². The Kier molecular flexibility index (Phi) is 5.25. The van der Waals surface area contributed by atoms with Crippen molar-refractivity contribution in [3.63, 3.8) is 0 Å². The first-order valence-corrected chi connectivity index (χ1v) is 9.76. The van der Waals surface area contributed by atoms with Crippen molar-refractivity contribution >= 4 is 45.1 Å². The van der Waals surface area contributed by atoms with Gasteiger partial charge in [-0.3, -0.25) is 4.99 Å². The van der Waals surface area contributed by atoms with Gasteiger partial charge in [-0.2, -0.15) is 4.31 Å². The maximum Gasteiger partial charge on any atom is 0.243 e. The number of rotatable bonds is 4. The lowest BCUT2D eigenvalue weighted by atomic mass is 10.2. The standard InChI is InChI=1S/C17H16Cl2N2O2S/c18-16-4-3-5-17(19)15(16)12-20-13-6-8-14(9-7-13)24(22,23)21-10-1-2-11-21/h3-9,12H,1-2,10-11H2. The SMILES string of the molecule is O=S(=O)(c1ccc(N=Cc2c(Cl)cccc2Cl)cc1)N1CCCC1. The van der Waals surface area contributed by atoms with Crippen molar-refractivity contribution in [2.24, 2.45) is 4.99 Å². The van der Waals surface area contributed by atoms with Gasteiger partial charge in [0.25, 0.3) is 0 Å². The molecular formula is C17H16Cl2N2O2S. The molecule has 2 aromatic carbocycles. The van der Waals surface area contributed by atoms with E-state index in [2.05, 4.69) is 4.99 Å². The molecule has 0 aromatic heterocycles. The first-order valence-electron chi connectivity index (χ1n) is 7.57. The van der Waals surface area contributed by atoms with Crippen LogP contribution in [0.3, 0.4) is 0 Å². The van der Waals surface area contributed by atoms with Crippen LogP contribution in [0.2, 0.25) is 10.0 Å². The lowest BCUT2D eigenvalue weighted by Gasteiger charge is -2.15. The van der Waals surface area contributed by atoms with Gasteiger partial charge in [-0.05, 0) is 49.2 Å². The van der Waals surface area contributed by atoms with Gasteiger partial charge in [-0.25, -0.2) is 8.42 Å². The molecule has 1 heterocycles. The quantitative estimate of drug-likeness (QED) is 0.729. The van der Waals surface area contributed by atoms with Crippen LogP contribution in [0, 0.1) is 0 Å². The number of sulfonamides is 1. The van der Waals surface area contributed by atoms with E-state index in [1.807, 2.05) is 0 Å². The minimum absolute atomic E-state index is 0.291. The van der Waals surface area contributed by atoms with E-state index in [0.29, 0.717) is 39.3 Å². The molecule has 1 saturated heterocycles. The summed E-state index contributed by atoms with van der Waals surface area (Å²) in [5, 5.41) is 1.03.